The fourth-order valence-electron chi connectivity index (χ4n) is 2.48. The highest BCUT2D eigenvalue weighted by Gasteiger charge is 2.16. The van der Waals surface area contributed by atoms with Crippen LogP contribution in [-0.2, 0) is 27.3 Å². The number of nitrogens with zero attached hydrogens (tertiary/aromatic N) is 5. The van der Waals surface area contributed by atoms with E-state index in [0.717, 1.165) is 6.42 Å². The summed E-state index contributed by atoms with van der Waals surface area (Å²) >= 11 is 0. The van der Waals surface area contributed by atoms with Crippen molar-refractivity contribution >= 4 is 17.7 Å². The molecule has 11 heteroatoms. The van der Waals surface area contributed by atoms with Crippen molar-refractivity contribution < 1.29 is 18.7 Å². The number of carbonyl (C=O) groups excluding carboxylic acids is 1. The van der Waals surface area contributed by atoms with Crippen LogP contribution in [0.25, 0.3) is 11.5 Å². The minimum atomic E-state index is -0.429. The maximum atomic E-state index is 10.9. The minimum Gasteiger partial charge on any atom is -0.456 e. The van der Waals surface area contributed by atoms with Crippen molar-refractivity contribution in [2.24, 2.45) is 0 Å². The number of carbonyl (C=O) groups is 1. The molecule has 0 spiro atoms. The lowest BCUT2D eigenvalue weighted by Crippen LogP contribution is -2.13. The third-order valence-electron chi connectivity index (χ3n) is 3.93. The second-order valence-corrected chi connectivity index (χ2v) is 6.19. The minimum absolute atomic E-state index is 0.0930. The monoisotopic (exact) mass is 413 g/mol. The third-order valence-corrected chi connectivity index (χ3v) is 3.93. The van der Waals surface area contributed by atoms with Gasteiger partial charge < -0.3 is 24.5 Å². The van der Waals surface area contributed by atoms with Crippen LogP contribution in [0.5, 0.6) is 0 Å². The lowest BCUT2D eigenvalue weighted by Gasteiger charge is -2.11. The summed E-state index contributed by atoms with van der Waals surface area (Å²) in [5.41, 5.74) is 1.70. The van der Waals surface area contributed by atoms with Gasteiger partial charge in [0.2, 0.25) is 5.95 Å². The van der Waals surface area contributed by atoms with E-state index >= 15 is 0 Å². The van der Waals surface area contributed by atoms with Crippen LogP contribution in [0, 0.1) is 0 Å². The van der Waals surface area contributed by atoms with Gasteiger partial charge >= 0.3 is 5.97 Å². The molecule has 3 rings (SSSR count). The number of ether oxygens (including phenoxy) is 2. The summed E-state index contributed by atoms with van der Waals surface area (Å²) < 4.78 is 15.5. The Morgan fingerprint density at radius 3 is 2.77 bits per heavy atom. The van der Waals surface area contributed by atoms with Crippen LogP contribution in [0.3, 0.4) is 0 Å². The number of methoxy groups -OCH3 is 1. The molecule has 11 nitrogen and oxygen atoms in total. The van der Waals surface area contributed by atoms with Gasteiger partial charge in [0, 0.05) is 45.7 Å². The summed E-state index contributed by atoms with van der Waals surface area (Å²) in [6.07, 6.45) is 5.93. The fraction of sp³-hybridized carbons (Fsp3) is 0.368. The number of aromatic nitrogens is 5. The molecule has 0 saturated heterocycles. The lowest BCUT2D eigenvalue weighted by molar-refractivity contribution is -0.142. The highest BCUT2D eigenvalue weighted by atomic mass is 16.5. The van der Waals surface area contributed by atoms with Gasteiger partial charge in [0.05, 0.1) is 12.2 Å². The van der Waals surface area contributed by atoms with E-state index in [9.17, 15) is 4.79 Å². The van der Waals surface area contributed by atoms with Gasteiger partial charge in [-0.2, -0.15) is 4.98 Å². The van der Waals surface area contributed by atoms with Crippen LogP contribution in [0.15, 0.2) is 35.1 Å². The Bertz CT molecular complexity index is 949. The molecule has 3 aromatic heterocycles. The summed E-state index contributed by atoms with van der Waals surface area (Å²) in [5.74, 6) is 0.966. The van der Waals surface area contributed by atoms with Crippen molar-refractivity contribution in [2.45, 2.75) is 20.0 Å². The molecule has 0 bridgehead atoms. The zero-order chi connectivity index (χ0) is 21.2. The van der Waals surface area contributed by atoms with E-state index in [1.807, 2.05) is 12.1 Å². The van der Waals surface area contributed by atoms with Crippen molar-refractivity contribution in [3.8, 4) is 11.5 Å². The number of anilines is 2. The Kier molecular flexibility index (Phi) is 7.61. The molecule has 0 fully saturated rings. The number of esters is 1. The molecule has 0 saturated carbocycles. The Labute approximate surface area is 173 Å². The maximum Gasteiger partial charge on any atom is 0.303 e. The van der Waals surface area contributed by atoms with Crippen molar-refractivity contribution in [2.75, 3.05) is 37.4 Å². The standard InChI is InChI=1S/C19H23N7O4/c1-13(27)29-12-16-25-26-18(30-16)15-11-23-19(24-17(15)21-9-10-28-2)22-8-5-14-3-6-20-7-4-14/h3-4,6-7,11H,5,8-10,12H2,1-2H3,(H2,21,22,23,24). The predicted molar refractivity (Wildman–Crippen MR) is 108 cm³/mol. The molecule has 0 aliphatic heterocycles. The summed E-state index contributed by atoms with van der Waals surface area (Å²) in [5, 5.41) is 14.3. The van der Waals surface area contributed by atoms with Crippen molar-refractivity contribution in [1.29, 1.82) is 0 Å². The van der Waals surface area contributed by atoms with E-state index in [4.69, 9.17) is 13.9 Å². The molecule has 30 heavy (non-hydrogen) atoms. The first kappa shape index (κ1) is 21.1. The van der Waals surface area contributed by atoms with Crippen molar-refractivity contribution in [1.82, 2.24) is 25.1 Å². The quantitative estimate of drug-likeness (QED) is 0.351. The first-order chi connectivity index (χ1) is 14.7. The molecule has 0 radical (unpaired) electrons. The average molecular weight is 413 g/mol. The number of pyridine rings is 1. The molecular weight excluding hydrogens is 390 g/mol. The summed E-state index contributed by atoms with van der Waals surface area (Å²) in [7, 11) is 1.62. The highest BCUT2D eigenvalue weighted by molar-refractivity contribution is 5.69. The van der Waals surface area contributed by atoms with E-state index < -0.39 is 5.97 Å². The van der Waals surface area contributed by atoms with Gasteiger partial charge in [0.1, 0.15) is 5.82 Å². The molecule has 0 aromatic carbocycles. The predicted octanol–water partition coefficient (Wildman–Crippen LogP) is 1.70. The molecular formula is C19H23N7O4. The van der Waals surface area contributed by atoms with Gasteiger partial charge in [-0.05, 0) is 24.1 Å². The lowest BCUT2D eigenvalue weighted by atomic mass is 10.2. The van der Waals surface area contributed by atoms with Gasteiger partial charge in [-0.1, -0.05) is 0 Å². The Balaban J connectivity index is 1.71. The van der Waals surface area contributed by atoms with Crippen molar-refractivity contribution in [3.63, 3.8) is 0 Å². The molecule has 0 amide bonds. The summed E-state index contributed by atoms with van der Waals surface area (Å²) in [4.78, 5) is 23.8. The van der Waals surface area contributed by atoms with Crippen LogP contribution >= 0.6 is 0 Å². The van der Waals surface area contributed by atoms with Crippen LogP contribution < -0.4 is 10.6 Å². The third kappa shape index (κ3) is 6.21. The largest absolute Gasteiger partial charge is 0.456 e. The topological polar surface area (TPSA) is 137 Å². The molecule has 0 aliphatic carbocycles. The molecule has 0 atom stereocenters. The Morgan fingerprint density at radius 2 is 2.00 bits per heavy atom. The smallest absolute Gasteiger partial charge is 0.303 e. The zero-order valence-corrected chi connectivity index (χ0v) is 16.8. The molecule has 3 aromatic rings. The number of hydrogen-bond acceptors (Lipinski definition) is 11. The number of rotatable bonds is 11. The Morgan fingerprint density at radius 1 is 1.17 bits per heavy atom. The van der Waals surface area contributed by atoms with Crippen LogP contribution in [-0.4, -0.2) is 57.9 Å². The summed E-state index contributed by atoms with van der Waals surface area (Å²) in [6, 6.07) is 3.93. The Hall–Kier alpha value is -3.60. The van der Waals surface area contributed by atoms with Gasteiger partial charge in [-0.25, -0.2) is 4.98 Å². The summed E-state index contributed by atoms with van der Waals surface area (Å²) in [6.45, 7) is 2.91. The second-order valence-electron chi connectivity index (χ2n) is 6.19. The van der Waals surface area contributed by atoms with Crippen LogP contribution in [0.4, 0.5) is 11.8 Å². The van der Waals surface area contributed by atoms with Gasteiger partial charge in [0.25, 0.3) is 11.8 Å². The van der Waals surface area contributed by atoms with Crippen LogP contribution in [0.1, 0.15) is 18.4 Å². The molecule has 3 heterocycles. The molecule has 0 unspecified atom stereocenters. The van der Waals surface area contributed by atoms with Gasteiger partial charge in [-0.3, -0.25) is 9.78 Å². The number of nitrogens with one attached hydrogen (secondary N) is 2. The molecule has 2 N–H and O–H groups in total. The van der Waals surface area contributed by atoms with Crippen molar-refractivity contribution in [3.05, 3.63) is 42.2 Å². The van der Waals surface area contributed by atoms with Crippen LogP contribution in [0.2, 0.25) is 0 Å². The first-order valence-electron chi connectivity index (χ1n) is 9.34. The van der Waals surface area contributed by atoms with Gasteiger partial charge in [0.15, 0.2) is 6.61 Å². The van der Waals surface area contributed by atoms with E-state index in [2.05, 4.69) is 35.8 Å². The fourth-order valence-corrected chi connectivity index (χ4v) is 2.48. The highest BCUT2D eigenvalue weighted by Crippen LogP contribution is 2.25. The average Bonchev–Trinajstić information content (AvgIpc) is 3.22. The van der Waals surface area contributed by atoms with E-state index in [1.165, 1.54) is 12.5 Å². The zero-order valence-electron chi connectivity index (χ0n) is 16.8. The molecule has 158 valence electrons. The normalized spacial score (nSPS) is 10.6. The van der Waals surface area contributed by atoms with E-state index in [0.29, 0.717) is 37.0 Å². The molecule has 0 aliphatic rings. The van der Waals surface area contributed by atoms with E-state index in [1.54, 1.807) is 25.7 Å². The van der Waals surface area contributed by atoms with Gasteiger partial charge in [-0.15, -0.1) is 10.2 Å². The first-order valence-corrected chi connectivity index (χ1v) is 9.34. The second kappa shape index (κ2) is 10.8. The maximum absolute atomic E-state index is 10.9. The SMILES string of the molecule is COCCNc1nc(NCCc2ccncc2)ncc1-c1nnc(COC(C)=O)o1. The number of hydrogen-bond donors (Lipinski definition) is 2. The van der Waals surface area contributed by atoms with E-state index in [-0.39, 0.29) is 18.4 Å².